The summed E-state index contributed by atoms with van der Waals surface area (Å²) in [4.78, 5) is 14.0. The molecule has 1 N–H and O–H groups in total. The van der Waals surface area contributed by atoms with Crippen molar-refractivity contribution in [3.63, 3.8) is 0 Å². The van der Waals surface area contributed by atoms with Gasteiger partial charge in [-0.05, 0) is 42.8 Å². The van der Waals surface area contributed by atoms with Crippen molar-refractivity contribution in [2.45, 2.75) is 12.8 Å². The van der Waals surface area contributed by atoms with Gasteiger partial charge in [0.05, 0.1) is 11.6 Å². The average molecular weight is 293 g/mol. The highest BCUT2D eigenvalue weighted by Gasteiger charge is 2.05. The topological polar surface area (TPSA) is 56.1 Å². The van der Waals surface area contributed by atoms with Crippen molar-refractivity contribution >= 4 is 17.3 Å². The summed E-state index contributed by atoms with van der Waals surface area (Å²) in [5, 5.41) is 11.6. The fourth-order valence-corrected chi connectivity index (χ4v) is 2.14. The minimum atomic E-state index is -0.00818. The van der Waals surface area contributed by atoms with Gasteiger partial charge in [0.1, 0.15) is 0 Å². The number of amides is 1. The van der Waals surface area contributed by atoms with Crippen LogP contribution in [-0.2, 0) is 4.79 Å². The molecule has 0 fully saturated rings. The molecule has 0 saturated heterocycles. The predicted octanol–water partition coefficient (Wildman–Crippen LogP) is 3.41. The molecule has 22 heavy (non-hydrogen) atoms. The van der Waals surface area contributed by atoms with E-state index in [0.29, 0.717) is 12.0 Å². The van der Waals surface area contributed by atoms with E-state index < -0.39 is 0 Å². The lowest BCUT2D eigenvalue weighted by molar-refractivity contribution is -0.116. The van der Waals surface area contributed by atoms with E-state index in [-0.39, 0.29) is 5.91 Å². The molecule has 1 amide bonds. The molecule has 0 bridgehead atoms. The summed E-state index contributed by atoms with van der Waals surface area (Å²) >= 11 is 0. The van der Waals surface area contributed by atoms with E-state index in [1.165, 1.54) is 0 Å². The zero-order valence-corrected chi connectivity index (χ0v) is 12.6. The van der Waals surface area contributed by atoms with E-state index in [9.17, 15) is 4.79 Å². The number of nitrogens with zero attached hydrogens (tertiary/aromatic N) is 2. The quantitative estimate of drug-likeness (QED) is 0.888. The SMILES string of the molecule is CN(CCCC(=O)Nc1ccc(C#N)cc1)c1ccccc1. The molecule has 0 radical (unpaired) electrons. The Kier molecular flexibility index (Phi) is 5.56. The third-order valence-corrected chi connectivity index (χ3v) is 3.39. The second-order valence-corrected chi connectivity index (χ2v) is 5.10. The molecule has 0 unspecified atom stereocenters. The van der Waals surface area contributed by atoms with Crippen LogP contribution in [-0.4, -0.2) is 19.5 Å². The molecule has 0 atom stereocenters. The maximum absolute atomic E-state index is 11.9. The zero-order valence-electron chi connectivity index (χ0n) is 12.6. The number of carbonyl (C=O) groups excluding carboxylic acids is 1. The molecular formula is C18H19N3O. The Bertz CT molecular complexity index is 644. The third kappa shape index (κ3) is 4.64. The largest absolute Gasteiger partial charge is 0.375 e. The van der Waals surface area contributed by atoms with Crippen LogP contribution in [0.15, 0.2) is 54.6 Å². The van der Waals surface area contributed by atoms with Crippen molar-refractivity contribution in [1.29, 1.82) is 5.26 Å². The Morgan fingerprint density at radius 2 is 1.82 bits per heavy atom. The summed E-state index contributed by atoms with van der Waals surface area (Å²) in [5.41, 5.74) is 2.46. The van der Waals surface area contributed by atoms with Gasteiger partial charge in [0.15, 0.2) is 0 Å². The number of carbonyl (C=O) groups is 1. The van der Waals surface area contributed by atoms with Gasteiger partial charge in [-0.15, -0.1) is 0 Å². The van der Waals surface area contributed by atoms with Gasteiger partial charge in [0.2, 0.25) is 5.91 Å². The van der Waals surface area contributed by atoms with Crippen molar-refractivity contribution in [2.75, 3.05) is 23.8 Å². The first-order valence-electron chi connectivity index (χ1n) is 7.25. The van der Waals surface area contributed by atoms with Crippen LogP contribution in [0.5, 0.6) is 0 Å². The standard InChI is InChI=1S/C18H19N3O/c1-21(17-6-3-2-4-7-17)13-5-8-18(22)20-16-11-9-15(14-19)10-12-16/h2-4,6-7,9-12H,5,8,13H2,1H3,(H,20,22). The summed E-state index contributed by atoms with van der Waals surface area (Å²) in [5.74, 6) is -0.00818. The Labute approximate surface area is 131 Å². The molecular weight excluding hydrogens is 274 g/mol. The van der Waals surface area contributed by atoms with Gasteiger partial charge in [-0.1, -0.05) is 18.2 Å². The van der Waals surface area contributed by atoms with Gasteiger partial charge in [-0.25, -0.2) is 0 Å². The molecule has 2 aromatic carbocycles. The fourth-order valence-electron chi connectivity index (χ4n) is 2.14. The minimum absolute atomic E-state index is 0.00818. The Morgan fingerprint density at radius 1 is 1.14 bits per heavy atom. The lowest BCUT2D eigenvalue weighted by Gasteiger charge is -2.18. The summed E-state index contributed by atoms with van der Waals surface area (Å²) in [6.45, 7) is 0.824. The Balaban J connectivity index is 1.74. The summed E-state index contributed by atoms with van der Waals surface area (Å²) in [6, 6.07) is 19.0. The first-order chi connectivity index (χ1) is 10.7. The highest BCUT2D eigenvalue weighted by atomic mass is 16.1. The minimum Gasteiger partial charge on any atom is -0.375 e. The fraction of sp³-hybridized carbons (Fsp3) is 0.222. The van der Waals surface area contributed by atoms with Crippen LogP contribution >= 0.6 is 0 Å². The molecule has 0 saturated carbocycles. The molecule has 0 heterocycles. The van der Waals surface area contributed by atoms with Crippen LogP contribution in [0.1, 0.15) is 18.4 Å². The second-order valence-electron chi connectivity index (χ2n) is 5.10. The number of benzene rings is 2. The lowest BCUT2D eigenvalue weighted by Crippen LogP contribution is -2.20. The van der Waals surface area contributed by atoms with Gasteiger partial charge in [-0.2, -0.15) is 5.26 Å². The normalized spacial score (nSPS) is 9.82. The van der Waals surface area contributed by atoms with Gasteiger partial charge < -0.3 is 10.2 Å². The third-order valence-electron chi connectivity index (χ3n) is 3.39. The van der Waals surface area contributed by atoms with Crippen LogP contribution in [0.4, 0.5) is 11.4 Å². The molecule has 112 valence electrons. The highest BCUT2D eigenvalue weighted by molar-refractivity contribution is 5.90. The molecule has 0 aromatic heterocycles. The van der Waals surface area contributed by atoms with Crippen molar-refractivity contribution in [2.24, 2.45) is 0 Å². The molecule has 4 heteroatoms. The molecule has 0 spiro atoms. The van der Waals surface area contributed by atoms with E-state index in [1.54, 1.807) is 24.3 Å². The molecule has 2 rings (SSSR count). The van der Waals surface area contributed by atoms with Gasteiger partial charge in [-0.3, -0.25) is 4.79 Å². The van der Waals surface area contributed by atoms with Gasteiger partial charge in [0.25, 0.3) is 0 Å². The van der Waals surface area contributed by atoms with Gasteiger partial charge >= 0.3 is 0 Å². The van der Waals surface area contributed by atoms with Crippen LogP contribution < -0.4 is 10.2 Å². The van der Waals surface area contributed by atoms with E-state index in [2.05, 4.69) is 28.4 Å². The first-order valence-corrected chi connectivity index (χ1v) is 7.25. The van der Waals surface area contributed by atoms with Crippen molar-refractivity contribution in [1.82, 2.24) is 0 Å². The van der Waals surface area contributed by atoms with Crippen LogP contribution in [0.2, 0.25) is 0 Å². The summed E-state index contributed by atoms with van der Waals surface area (Å²) in [6.07, 6.45) is 1.25. The highest BCUT2D eigenvalue weighted by Crippen LogP contribution is 2.12. The number of anilines is 2. The molecule has 0 aliphatic heterocycles. The van der Waals surface area contributed by atoms with Crippen LogP contribution in [0.25, 0.3) is 0 Å². The van der Waals surface area contributed by atoms with Crippen LogP contribution in [0.3, 0.4) is 0 Å². The monoisotopic (exact) mass is 293 g/mol. The maximum Gasteiger partial charge on any atom is 0.224 e. The van der Waals surface area contributed by atoms with Gasteiger partial charge in [0, 0.05) is 31.4 Å². The molecule has 4 nitrogen and oxygen atoms in total. The molecule has 0 aliphatic rings. The second kappa shape index (κ2) is 7.84. The zero-order chi connectivity index (χ0) is 15.8. The van der Waals surface area contributed by atoms with Crippen molar-refractivity contribution in [3.8, 4) is 6.07 Å². The summed E-state index contributed by atoms with van der Waals surface area (Å²) < 4.78 is 0. The maximum atomic E-state index is 11.9. The Hall–Kier alpha value is -2.80. The number of nitrogens with one attached hydrogen (secondary N) is 1. The molecule has 2 aromatic rings. The van der Waals surface area contributed by atoms with Crippen molar-refractivity contribution in [3.05, 3.63) is 60.2 Å². The Morgan fingerprint density at radius 3 is 2.45 bits per heavy atom. The lowest BCUT2D eigenvalue weighted by atomic mass is 10.2. The van der Waals surface area contributed by atoms with Crippen molar-refractivity contribution < 1.29 is 4.79 Å². The number of rotatable bonds is 6. The van der Waals surface area contributed by atoms with E-state index in [0.717, 1.165) is 24.3 Å². The summed E-state index contributed by atoms with van der Waals surface area (Å²) in [7, 11) is 2.02. The average Bonchev–Trinajstić information content (AvgIpc) is 2.56. The predicted molar refractivity (Wildman–Crippen MR) is 88.7 cm³/mol. The number of hydrogen-bond acceptors (Lipinski definition) is 3. The van der Waals surface area contributed by atoms with E-state index in [1.807, 2.05) is 25.2 Å². The first kappa shape index (κ1) is 15.6. The smallest absolute Gasteiger partial charge is 0.224 e. The number of para-hydroxylation sites is 1. The van der Waals surface area contributed by atoms with E-state index >= 15 is 0 Å². The number of hydrogen-bond donors (Lipinski definition) is 1. The molecule has 0 aliphatic carbocycles. The number of nitriles is 1. The van der Waals surface area contributed by atoms with Crippen LogP contribution in [0, 0.1) is 11.3 Å². The van der Waals surface area contributed by atoms with E-state index in [4.69, 9.17) is 5.26 Å².